The highest BCUT2D eigenvalue weighted by Crippen LogP contribution is 2.31. The Morgan fingerprint density at radius 2 is 1.81 bits per heavy atom. The predicted octanol–water partition coefficient (Wildman–Crippen LogP) is 3.20. The standard InChI is InChI=1S/C17H26N2OS/c20-13-14-5-9-19(10-6-14)17-4-2-1-3-16(17)18-15-7-11-21-12-8-15/h1-4,14-15,18,20H,5-13H2. The molecule has 0 amide bonds. The van der Waals surface area contributed by atoms with E-state index in [-0.39, 0.29) is 0 Å². The molecule has 2 aliphatic rings. The third-order valence-electron chi connectivity index (χ3n) is 4.70. The Balaban J connectivity index is 1.67. The molecular weight excluding hydrogens is 280 g/mol. The van der Waals surface area contributed by atoms with Gasteiger partial charge in [-0.1, -0.05) is 12.1 Å². The predicted molar refractivity (Wildman–Crippen MR) is 92.4 cm³/mol. The number of nitrogens with zero attached hydrogens (tertiary/aromatic N) is 1. The first-order valence-corrected chi connectivity index (χ1v) is 9.31. The van der Waals surface area contributed by atoms with Gasteiger partial charge in [-0.25, -0.2) is 0 Å². The summed E-state index contributed by atoms with van der Waals surface area (Å²) in [6, 6.07) is 9.34. The maximum absolute atomic E-state index is 9.29. The van der Waals surface area contributed by atoms with Gasteiger partial charge in [0.2, 0.25) is 0 Å². The second-order valence-electron chi connectivity index (χ2n) is 6.16. The minimum absolute atomic E-state index is 0.341. The molecule has 0 unspecified atom stereocenters. The molecule has 0 bridgehead atoms. The number of aliphatic hydroxyl groups is 1. The average Bonchev–Trinajstić information content (AvgIpc) is 2.56. The molecule has 3 rings (SSSR count). The van der Waals surface area contributed by atoms with Crippen molar-refractivity contribution in [2.24, 2.45) is 5.92 Å². The Labute approximate surface area is 132 Å². The molecule has 0 radical (unpaired) electrons. The first-order chi connectivity index (χ1) is 10.4. The molecule has 0 spiro atoms. The molecule has 0 aliphatic carbocycles. The summed E-state index contributed by atoms with van der Waals surface area (Å²) < 4.78 is 0. The second kappa shape index (κ2) is 7.41. The van der Waals surface area contributed by atoms with Crippen LogP contribution in [-0.2, 0) is 0 Å². The summed E-state index contributed by atoms with van der Waals surface area (Å²) in [5, 5.41) is 13.1. The maximum Gasteiger partial charge on any atom is 0.0602 e. The highest BCUT2D eigenvalue weighted by Gasteiger charge is 2.21. The number of nitrogens with one attached hydrogen (secondary N) is 1. The molecule has 1 aromatic rings. The Morgan fingerprint density at radius 3 is 2.52 bits per heavy atom. The van der Waals surface area contributed by atoms with Gasteiger partial charge in [0.1, 0.15) is 0 Å². The van der Waals surface area contributed by atoms with Gasteiger partial charge in [0.05, 0.1) is 11.4 Å². The van der Waals surface area contributed by atoms with Crippen molar-refractivity contribution in [1.29, 1.82) is 0 Å². The quantitative estimate of drug-likeness (QED) is 0.895. The number of piperidine rings is 1. The van der Waals surface area contributed by atoms with E-state index in [0.717, 1.165) is 25.9 Å². The van der Waals surface area contributed by atoms with Gasteiger partial charge < -0.3 is 15.3 Å². The van der Waals surface area contributed by atoms with Crippen LogP contribution in [0.1, 0.15) is 25.7 Å². The van der Waals surface area contributed by atoms with Gasteiger partial charge in [0, 0.05) is 25.7 Å². The normalized spacial score (nSPS) is 21.5. The molecule has 2 fully saturated rings. The summed E-state index contributed by atoms with van der Waals surface area (Å²) in [7, 11) is 0. The Kier molecular flexibility index (Phi) is 5.31. The van der Waals surface area contributed by atoms with Crippen LogP contribution in [-0.4, -0.2) is 42.4 Å². The van der Waals surface area contributed by atoms with E-state index in [1.807, 2.05) is 0 Å². The smallest absolute Gasteiger partial charge is 0.0602 e. The van der Waals surface area contributed by atoms with Gasteiger partial charge in [0.15, 0.2) is 0 Å². The zero-order valence-electron chi connectivity index (χ0n) is 12.6. The molecule has 3 nitrogen and oxygen atoms in total. The van der Waals surface area contributed by atoms with Crippen molar-refractivity contribution < 1.29 is 5.11 Å². The summed E-state index contributed by atoms with van der Waals surface area (Å²) in [4.78, 5) is 2.48. The molecule has 1 aromatic carbocycles. The molecule has 4 heteroatoms. The van der Waals surface area contributed by atoms with E-state index in [2.05, 4.69) is 46.2 Å². The van der Waals surface area contributed by atoms with Crippen LogP contribution in [0.2, 0.25) is 0 Å². The van der Waals surface area contributed by atoms with Crippen molar-refractivity contribution in [1.82, 2.24) is 0 Å². The minimum Gasteiger partial charge on any atom is -0.396 e. The number of hydrogen-bond donors (Lipinski definition) is 2. The zero-order chi connectivity index (χ0) is 14.5. The first kappa shape index (κ1) is 15.0. The number of anilines is 2. The van der Waals surface area contributed by atoms with Gasteiger partial charge in [0.25, 0.3) is 0 Å². The summed E-state index contributed by atoms with van der Waals surface area (Å²) in [5.41, 5.74) is 2.63. The van der Waals surface area contributed by atoms with E-state index < -0.39 is 0 Å². The zero-order valence-corrected chi connectivity index (χ0v) is 13.4. The van der Waals surface area contributed by atoms with Crippen LogP contribution in [0.15, 0.2) is 24.3 Å². The van der Waals surface area contributed by atoms with E-state index in [4.69, 9.17) is 0 Å². The first-order valence-electron chi connectivity index (χ1n) is 8.16. The van der Waals surface area contributed by atoms with Crippen molar-refractivity contribution in [3.63, 3.8) is 0 Å². The van der Waals surface area contributed by atoms with Crippen LogP contribution in [0, 0.1) is 5.92 Å². The van der Waals surface area contributed by atoms with Crippen LogP contribution in [0.5, 0.6) is 0 Å². The number of para-hydroxylation sites is 2. The molecule has 0 saturated carbocycles. The fourth-order valence-electron chi connectivity index (χ4n) is 3.29. The van der Waals surface area contributed by atoms with Crippen LogP contribution >= 0.6 is 11.8 Å². The number of aliphatic hydroxyl groups excluding tert-OH is 1. The summed E-state index contributed by atoms with van der Waals surface area (Å²) in [6.45, 7) is 2.46. The Bertz CT molecular complexity index is 440. The van der Waals surface area contributed by atoms with E-state index in [9.17, 15) is 5.11 Å². The van der Waals surface area contributed by atoms with Gasteiger partial charge in [-0.2, -0.15) is 11.8 Å². The fourth-order valence-corrected chi connectivity index (χ4v) is 4.40. The highest BCUT2D eigenvalue weighted by atomic mass is 32.2. The van der Waals surface area contributed by atoms with Gasteiger partial charge in [-0.15, -0.1) is 0 Å². The lowest BCUT2D eigenvalue weighted by Crippen LogP contribution is -2.35. The molecule has 116 valence electrons. The number of benzene rings is 1. The van der Waals surface area contributed by atoms with Gasteiger partial charge in [-0.05, 0) is 55.2 Å². The fraction of sp³-hybridized carbons (Fsp3) is 0.647. The molecular formula is C17H26N2OS. The van der Waals surface area contributed by atoms with E-state index >= 15 is 0 Å². The molecule has 2 heterocycles. The van der Waals surface area contributed by atoms with Crippen LogP contribution in [0.25, 0.3) is 0 Å². The highest BCUT2D eigenvalue weighted by molar-refractivity contribution is 7.99. The van der Waals surface area contributed by atoms with Crippen LogP contribution < -0.4 is 10.2 Å². The van der Waals surface area contributed by atoms with Gasteiger partial charge >= 0.3 is 0 Å². The molecule has 2 aliphatic heterocycles. The number of hydrogen-bond acceptors (Lipinski definition) is 4. The minimum atomic E-state index is 0.341. The monoisotopic (exact) mass is 306 g/mol. The summed E-state index contributed by atoms with van der Waals surface area (Å²) >= 11 is 2.07. The maximum atomic E-state index is 9.29. The summed E-state index contributed by atoms with van der Waals surface area (Å²) in [6.07, 6.45) is 4.74. The van der Waals surface area contributed by atoms with E-state index in [0.29, 0.717) is 18.6 Å². The second-order valence-corrected chi connectivity index (χ2v) is 7.39. The topological polar surface area (TPSA) is 35.5 Å². The van der Waals surface area contributed by atoms with Crippen molar-refractivity contribution in [3.8, 4) is 0 Å². The Hall–Kier alpha value is -0.870. The molecule has 2 N–H and O–H groups in total. The van der Waals surface area contributed by atoms with Gasteiger partial charge in [-0.3, -0.25) is 0 Å². The molecule has 0 aromatic heterocycles. The number of rotatable bonds is 4. The van der Waals surface area contributed by atoms with Crippen LogP contribution in [0.3, 0.4) is 0 Å². The third kappa shape index (κ3) is 3.86. The molecule has 21 heavy (non-hydrogen) atoms. The molecule has 2 saturated heterocycles. The Morgan fingerprint density at radius 1 is 1.10 bits per heavy atom. The lowest BCUT2D eigenvalue weighted by Gasteiger charge is -2.35. The third-order valence-corrected chi connectivity index (χ3v) is 5.75. The van der Waals surface area contributed by atoms with Crippen molar-refractivity contribution >= 4 is 23.1 Å². The van der Waals surface area contributed by atoms with Crippen molar-refractivity contribution in [2.45, 2.75) is 31.7 Å². The average molecular weight is 306 g/mol. The SMILES string of the molecule is OCC1CCN(c2ccccc2NC2CCSCC2)CC1. The largest absolute Gasteiger partial charge is 0.396 e. The van der Waals surface area contributed by atoms with Crippen molar-refractivity contribution in [2.75, 3.05) is 41.4 Å². The summed E-state index contributed by atoms with van der Waals surface area (Å²) in [5.74, 6) is 3.06. The van der Waals surface area contributed by atoms with E-state index in [1.54, 1.807) is 0 Å². The van der Waals surface area contributed by atoms with Crippen molar-refractivity contribution in [3.05, 3.63) is 24.3 Å². The lowest BCUT2D eigenvalue weighted by molar-refractivity contribution is 0.203. The molecule has 0 atom stereocenters. The van der Waals surface area contributed by atoms with E-state index in [1.165, 1.54) is 35.7 Å². The van der Waals surface area contributed by atoms with Crippen LogP contribution in [0.4, 0.5) is 11.4 Å². The lowest BCUT2D eigenvalue weighted by atomic mass is 9.97. The number of thioether (sulfide) groups is 1.